The highest BCUT2D eigenvalue weighted by atomic mass is 16.5. The standard InChI is InChI=1S/C13H21NO2/c1-11-4-6-12(7-5-11)16-9-8-14-13(2,3)10-15/h4-7,14-15H,8-10H2,1-3H3. The quantitative estimate of drug-likeness (QED) is 0.722. The SMILES string of the molecule is Cc1ccc(OCCNC(C)(C)CO)cc1. The Morgan fingerprint density at radius 1 is 1.25 bits per heavy atom. The van der Waals surface area contributed by atoms with Crippen LogP contribution in [0.25, 0.3) is 0 Å². The molecule has 3 heteroatoms. The summed E-state index contributed by atoms with van der Waals surface area (Å²) in [6.07, 6.45) is 0. The second-order valence-electron chi connectivity index (χ2n) is 4.63. The average Bonchev–Trinajstić information content (AvgIpc) is 2.27. The molecule has 0 spiro atoms. The normalized spacial score (nSPS) is 11.5. The largest absolute Gasteiger partial charge is 0.492 e. The van der Waals surface area contributed by atoms with Crippen molar-refractivity contribution in [1.29, 1.82) is 0 Å². The highest BCUT2D eigenvalue weighted by molar-refractivity contribution is 5.26. The van der Waals surface area contributed by atoms with Crippen molar-refractivity contribution in [2.75, 3.05) is 19.8 Å². The van der Waals surface area contributed by atoms with Gasteiger partial charge in [0.2, 0.25) is 0 Å². The van der Waals surface area contributed by atoms with E-state index in [-0.39, 0.29) is 12.1 Å². The van der Waals surface area contributed by atoms with Crippen LogP contribution in [0.4, 0.5) is 0 Å². The molecule has 0 atom stereocenters. The fraction of sp³-hybridized carbons (Fsp3) is 0.538. The lowest BCUT2D eigenvalue weighted by molar-refractivity contribution is 0.180. The summed E-state index contributed by atoms with van der Waals surface area (Å²) < 4.78 is 5.56. The van der Waals surface area contributed by atoms with Crippen molar-refractivity contribution >= 4 is 0 Å². The molecule has 0 fully saturated rings. The molecule has 0 aliphatic heterocycles. The molecule has 2 N–H and O–H groups in total. The second kappa shape index (κ2) is 5.87. The van der Waals surface area contributed by atoms with Crippen molar-refractivity contribution < 1.29 is 9.84 Å². The summed E-state index contributed by atoms with van der Waals surface area (Å²) in [5, 5.41) is 12.3. The third kappa shape index (κ3) is 4.64. The van der Waals surface area contributed by atoms with Crippen LogP contribution in [0.1, 0.15) is 19.4 Å². The Hall–Kier alpha value is -1.06. The van der Waals surface area contributed by atoms with Crippen LogP contribution < -0.4 is 10.1 Å². The van der Waals surface area contributed by atoms with E-state index in [2.05, 4.69) is 12.2 Å². The lowest BCUT2D eigenvalue weighted by atomic mass is 10.1. The monoisotopic (exact) mass is 223 g/mol. The molecule has 0 saturated heterocycles. The summed E-state index contributed by atoms with van der Waals surface area (Å²) in [7, 11) is 0. The number of benzene rings is 1. The maximum absolute atomic E-state index is 9.04. The van der Waals surface area contributed by atoms with Crippen LogP contribution in [0.3, 0.4) is 0 Å². The zero-order valence-corrected chi connectivity index (χ0v) is 10.3. The minimum absolute atomic E-state index is 0.123. The summed E-state index contributed by atoms with van der Waals surface area (Å²) in [5.41, 5.74) is 0.989. The van der Waals surface area contributed by atoms with Gasteiger partial charge in [-0.1, -0.05) is 17.7 Å². The predicted molar refractivity (Wildman–Crippen MR) is 65.8 cm³/mol. The zero-order chi connectivity index (χ0) is 12.0. The fourth-order valence-corrected chi connectivity index (χ4v) is 1.25. The Labute approximate surface area is 97.4 Å². The van der Waals surface area contributed by atoms with Gasteiger partial charge in [0.15, 0.2) is 0 Å². The van der Waals surface area contributed by atoms with Crippen molar-refractivity contribution in [2.45, 2.75) is 26.3 Å². The van der Waals surface area contributed by atoms with Crippen LogP contribution in [0, 0.1) is 6.92 Å². The number of aryl methyl sites for hydroxylation is 1. The molecule has 0 bridgehead atoms. The van der Waals surface area contributed by atoms with Gasteiger partial charge in [-0.2, -0.15) is 0 Å². The van der Waals surface area contributed by atoms with Crippen molar-refractivity contribution in [1.82, 2.24) is 5.32 Å². The number of ether oxygens (including phenoxy) is 1. The van der Waals surface area contributed by atoms with Gasteiger partial charge in [-0.15, -0.1) is 0 Å². The molecular formula is C13H21NO2. The minimum atomic E-state index is -0.239. The molecule has 0 saturated carbocycles. The minimum Gasteiger partial charge on any atom is -0.492 e. The smallest absolute Gasteiger partial charge is 0.119 e. The summed E-state index contributed by atoms with van der Waals surface area (Å²) >= 11 is 0. The molecule has 0 unspecified atom stereocenters. The molecule has 1 aromatic rings. The zero-order valence-electron chi connectivity index (χ0n) is 10.3. The van der Waals surface area contributed by atoms with E-state index >= 15 is 0 Å². The van der Waals surface area contributed by atoms with Crippen LogP contribution in [0.15, 0.2) is 24.3 Å². The molecule has 0 aromatic heterocycles. The van der Waals surface area contributed by atoms with Crippen LogP contribution in [0.5, 0.6) is 5.75 Å². The van der Waals surface area contributed by atoms with Gasteiger partial charge in [-0.05, 0) is 32.9 Å². The van der Waals surface area contributed by atoms with E-state index in [1.807, 2.05) is 38.1 Å². The highest BCUT2D eigenvalue weighted by Gasteiger charge is 2.14. The molecule has 0 aliphatic carbocycles. The molecule has 1 aromatic carbocycles. The Bertz CT molecular complexity index is 306. The molecular weight excluding hydrogens is 202 g/mol. The van der Waals surface area contributed by atoms with Crippen LogP contribution in [0.2, 0.25) is 0 Å². The van der Waals surface area contributed by atoms with Crippen molar-refractivity contribution in [2.24, 2.45) is 0 Å². The molecule has 0 aliphatic rings. The van der Waals surface area contributed by atoms with E-state index in [1.54, 1.807) is 0 Å². The number of hydrogen-bond acceptors (Lipinski definition) is 3. The van der Waals surface area contributed by atoms with Gasteiger partial charge in [0.05, 0.1) is 6.61 Å². The van der Waals surface area contributed by atoms with Gasteiger partial charge in [0.1, 0.15) is 12.4 Å². The highest BCUT2D eigenvalue weighted by Crippen LogP contribution is 2.10. The summed E-state index contributed by atoms with van der Waals surface area (Å²) in [6.45, 7) is 7.41. The van der Waals surface area contributed by atoms with Crippen LogP contribution >= 0.6 is 0 Å². The second-order valence-corrected chi connectivity index (χ2v) is 4.63. The average molecular weight is 223 g/mol. The molecule has 0 radical (unpaired) electrons. The predicted octanol–water partition coefficient (Wildman–Crippen LogP) is 1.73. The lowest BCUT2D eigenvalue weighted by Crippen LogP contribution is -2.44. The van der Waals surface area contributed by atoms with Crippen LogP contribution in [-0.4, -0.2) is 30.4 Å². The molecule has 16 heavy (non-hydrogen) atoms. The molecule has 1 rings (SSSR count). The van der Waals surface area contributed by atoms with E-state index in [0.717, 1.165) is 12.3 Å². The van der Waals surface area contributed by atoms with Crippen LogP contribution in [-0.2, 0) is 0 Å². The van der Waals surface area contributed by atoms with Gasteiger partial charge in [0, 0.05) is 12.1 Å². The van der Waals surface area contributed by atoms with Crippen molar-refractivity contribution in [3.05, 3.63) is 29.8 Å². The molecule has 90 valence electrons. The third-order valence-electron chi connectivity index (χ3n) is 2.39. The van der Waals surface area contributed by atoms with Gasteiger partial charge in [-0.3, -0.25) is 0 Å². The third-order valence-corrected chi connectivity index (χ3v) is 2.39. The van der Waals surface area contributed by atoms with Gasteiger partial charge < -0.3 is 15.2 Å². The van der Waals surface area contributed by atoms with Gasteiger partial charge >= 0.3 is 0 Å². The molecule has 3 nitrogen and oxygen atoms in total. The number of hydrogen-bond donors (Lipinski definition) is 2. The van der Waals surface area contributed by atoms with E-state index in [4.69, 9.17) is 9.84 Å². The molecule has 0 amide bonds. The van der Waals surface area contributed by atoms with Crippen molar-refractivity contribution in [3.8, 4) is 5.75 Å². The first-order chi connectivity index (χ1) is 7.53. The Balaban J connectivity index is 2.23. The molecule has 0 heterocycles. The van der Waals surface area contributed by atoms with Gasteiger partial charge in [0.25, 0.3) is 0 Å². The van der Waals surface area contributed by atoms with Gasteiger partial charge in [-0.25, -0.2) is 0 Å². The Morgan fingerprint density at radius 2 is 1.88 bits per heavy atom. The number of aliphatic hydroxyl groups excluding tert-OH is 1. The van der Waals surface area contributed by atoms with E-state index in [1.165, 1.54) is 5.56 Å². The number of rotatable bonds is 6. The van der Waals surface area contributed by atoms with E-state index < -0.39 is 0 Å². The van der Waals surface area contributed by atoms with E-state index in [0.29, 0.717) is 6.61 Å². The lowest BCUT2D eigenvalue weighted by Gasteiger charge is -2.23. The Morgan fingerprint density at radius 3 is 2.44 bits per heavy atom. The first-order valence-electron chi connectivity index (χ1n) is 5.59. The van der Waals surface area contributed by atoms with E-state index in [9.17, 15) is 0 Å². The number of nitrogens with one attached hydrogen (secondary N) is 1. The first-order valence-corrected chi connectivity index (χ1v) is 5.59. The summed E-state index contributed by atoms with van der Waals surface area (Å²) in [6, 6.07) is 7.99. The van der Waals surface area contributed by atoms with Crippen molar-refractivity contribution in [3.63, 3.8) is 0 Å². The summed E-state index contributed by atoms with van der Waals surface area (Å²) in [5.74, 6) is 0.884. The summed E-state index contributed by atoms with van der Waals surface area (Å²) in [4.78, 5) is 0. The number of aliphatic hydroxyl groups is 1. The maximum Gasteiger partial charge on any atom is 0.119 e. The topological polar surface area (TPSA) is 41.5 Å². The maximum atomic E-state index is 9.04. The Kier molecular flexibility index (Phi) is 4.77. The fourth-order valence-electron chi connectivity index (χ4n) is 1.25. The first kappa shape index (κ1) is 13.0.